The lowest BCUT2D eigenvalue weighted by Gasteiger charge is -2.39. The second kappa shape index (κ2) is 15.4. The molecule has 0 unspecified atom stereocenters. The first kappa shape index (κ1) is 40.6. The number of ether oxygens (including phenoxy) is 1. The highest BCUT2D eigenvalue weighted by atomic mass is 35.5. The summed E-state index contributed by atoms with van der Waals surface area (Å²) in [6.07, 6.45) is -3.59. The largest absolute Gasteiger partial charge is 0.505 e. The summed E-state index contributed by atoms with van der Waals surface area (Å²) in [4.78, 5) is 70.0. The number of nitrogens with zero attached hydrogens (tertiary/aromatic N) is 9. The number of hydrogen-bond acceptors (Lipinski definition) is 10. The Hall–Kier alpha value is -6.21. The fourth-order valence-electron chi connectivity index (χ4n) is 8.19. The van der Waals surface area contributed by atoms with Gasteiger partial charge in [-0.2, -0.15) is 22.7 Å². The van der Waals surface area contributed by atoms with E-state index in [9.17, 15) is 37.5 Å². The summed E-state index contributed by atoms with van der Waals surface area (Å²) < 4.78 is 49.2. The molecule has 314 valence electrons. The first-order valence-electron chi connectivity index (χ1n) is 19.2. The van der Waals surface area contributed by atoms with Crippen LogP contribution in [0.25, 0.3) is 17.2 Å². The Labute approximate surface area is 345 Å². The second-order valence-corrected chi connectivity index (χ2v) is 15.6. The third kappa shape index (κ3) is 7.35. The van der Waals surface area contributed by atoms with Crippen molar-refractivity contribution in [2.24, 2.45) is 0 Å². The molecule has 60 heavy (non-hydrogen) atoms. The number of piperazine rings is 1. The molecule has 8 rings (SSSR count). The van der Waals surface area contributed by atoms with Crippen LogP contribution in [0.1, 0.15) is 53.2 Å². The molecule has 3 aliphatic rings. The second-order valence-electron chi connectivity index (χ2n) is 15.2. The van der Waals surface area contributed by atoms with Gasteiger partial charge in [-0.25, -0.2) is 9.78 Å². The average Bonchev–Trinajstić information content (AvgIpc) is 3.80. The molecule has 0 saturated carbocycles. The van der Waals surface area contributed by atoms with E-state index in [4.69, 9.17) is 21.3 Å². The van der Waals surface area contributed by atoms with Gasteiger partial charge in [-0.05, 0) is 74.4 Å². The highest BCUT2D eigenvalue weighted by Gasteiger charge is 2.50. The zero-order chi connectivity index (χ0) is 42.7. The number of fused-ring (bicyclic) bond motifs is 3. The molecule has 3 aliphatic heterocycles. The van der Waals surface area contributed by atoms with Crippen LogP contribution in [0.3, 0.4) is 0 Å². The number of benzene rings is 2. The van der Waals surface area contributed by atoms with Crippen LogP contribution in [0.4, 0.5) is 29.3 Å². The van der Waals surface area contributed by atoms with Gasteiger partial charge in [0.05, 0.1) is 33.6 Å². The minimum atomic E-state index is -4.64. The normalized spacial score (nSPS) is 17.6. The molecule has 2 fully saturated rings. The highest BCUT2D eigenvalue weighted by molar-refractivity contribution is 6.33. The van der Waals surface area contributed by atoms with Gasteiger partial charge in [0.2, 0.25) is 11.7 Å². The predicted molar refractivity (Wildman–Crippen MR) is 213 cm³/mol. The van der Waals surface area contributed by atoms with Crippen LogP contribution in [-0.4, -0.2) is 115 Å². The third-order valence-electron chi connectivity index (χ3n) is 11.2. The molecule has 5 aromatic rings. The Balaban J connectivity index is 1.13. The number of nitrogens with one attached hydrogen (secondary N) is 1. The van der Waals surface area contributed by atoms with Crippen molar-refractivity contribution in [3.63, 3.8) is 0 Å². The zero-order valence-electron chi connectivity index (χ0n) is 32.7. The van der Waals surface area contributed by atoms with Crippen molar-refractivity contribution in [3.05, 3.63) is 98.7 Å². The quantitative estimate of drug-likeness (QED) is 0.237. The van der Waals surface area contributed by atoms with Crippen LogP contribution in [-0.2, 0) is 27.9 Å². The Morgan fingerprint density at radius 1 is 1.00 bits per heavy atom. The smallest absolute Gasteiger partial charge is 0.416 e. The predicted octanol–water partition coefficient (Wildman–Crippen LogP) is 5.00. The van der Waals surface area contributed by atoms with Crippen LogP contribution in [0.2, 0.25) is 5.02 Å². The van der Waals surface area contributed by atoms with Crippen LogP contribution in [0.15, 0.2) is 65.6 Å². The van der Waals surface area contributed by atoms with Crippen LogP contribution >= 0.6 is 11.6 Å². The summed E-state index contributed by atoms with van der Waals surface area (Å²) in [5.74, 6) is -1.18. The average molecular weight is 849 g/mol. The number of carbonyl (C=O) groups excluding carboxylic acids is 3. The number of carbonyl (C=O) groups is 3. The van der Waals surface area contributed by atoms with Gasteiger partial charge in [0, 0.05) is 70.8 Å². The van der Waals surface area contributed by atoms with Crippen molar-refractivity contribution in [2.75, 3.05) is 63.6 Å². The number of urea groups is 1. The lowest BCUT2D eigenvalue weighted by atomic mass is 9.85. The molecular formula is C40H40ClF3N10O6. The fourth-order valence-corrected chi connectivity index (χ4v) is 8.42. The number of alkyl halides is 3. The number of aromatic nitrogens is 5. The van der Waals surface area contributed by atoms with Gasteiger partial charge in [0.1, 0.15) is 17.9 Å². The van der Waals surface area contributed by atoms with Gasteiger partial charge in [0.25, 0.3) is 11.5 Å². The van der Waals surface area contributed by atoms with E-state index in [1.165, 1.54) is 27.8 Å². The van der Waals surface area contributed by atoms with E-state index >= 15 is 0 Å². The van der Waals surface area contributed by atoms with E-state index in [1.54, 1.807) is 30.8 Å². The molecule has 2 N–H and O–H groups in total. The van der Waals surface area contributed by atoms with Gasteiger partial charge in [-0.15, -0.1) is 5.10 Å². The molecule has 20 heteroatoms. The maximum atomic E-state index is 14.6. The molecule has 1 atom stereocenters. The fraction of sp³-hybridized carbons (Fsp3) is 0.375. The minimum Gasteiger partial charge on any atom is -0.505 e. The van der Waals surface area contributed by atoms with Crippen molar-refractivity contribution in [2.45, 2.75) is 44.2 Å². The first-order valence-corrected chi connectivity index (χ1v) is 19.6. The van der Waals surface area contributed by atoms with E-state index in [0.29, 0.717) is 37.4 Å². The molecule has 6 heterocycles. The van der Waals surface area contributed by atoms with Gasteiger partial charge in [-0.3, -0.25) is 14.4 Å². The highest BCUT2D eigenvalue weighted by Crippen LogP contribution is 2.48. The van der Waals surface area contributed by atoms with E-state index in [0.717, 1.165) is 28.4 Å². The van der Waals surface area contributed by atoms with E-state index < -0.39 is 47.4 Å². The van der Waals surface area contributed by atoms with E-state index in [-0.39, 0.29) is 71.3 Å². The van der Waals surface area contributed by atoms with E-state index in [2.05, 4.69) is 20.3 Å². The maximum absolute atomic E-state index is 14.6. The van der Waals surface area contributed by atoms with Crippen LogP contribution < -0.4 is 15.8 Å². The van der Waals surface area contributed by atoms with Crippen molar-refractivity contribution >= 4 is 46.6 Å². The molecular weight excluding hydrogens is 809 g/mol. The lowest BCUT2D eigenvalue weighted by Crippen LogP contribution is -2.51. The number of pyridine rings is 1. The van der Waals surface area contributed by atoms with Crippen molar-refractivity contribution in [1.82, 2.24) is 38.8 Å². The van der Waals surface area contributed by atoms with Gasteiger partial charge >= 0.3 is 12.2 Å². The van der Waals surface area contributed by atoms with Crippen LogP contribution in [0.5, 0.6) is 5.75 Å². The summed E-state index contributed by atoms with van der Waals surface area (Å²) >= 11 is 6.18. The summed E-state index contributed by atoms with van der Waals surface area (Å²) in [5, 5.41) is 17.2. The molecule has 2 aromatic carbocycles. The summed E-state index contributed by atoms with van der Waals surface area (Å²) in [7, 11) is 3.44. The SMILES string of the molecule is C[C@H]1OC2(CCN(C(=O)c3ncccc3O)CC2)c2c1n(CC(=O)Nc1ccc(C(F)(F)F)cc1Cl)c1nc(-c3ccc(N4CCN(C(=O)N(C)C)CC4)cc3)nn1c2=O. The Bertz CT molecular complexity index is 2560. The number of anilines is 2. The topological polar surface area (TPSA) is 171 Å². The molecule has 0 aliphatic carbocycles. The number of likely N-dealkylation sites (tertiary alicyclic amines) is 1. The molecule has 4 amide bonds. The Morgan fingerprint density at radius 3 is 2.33 bits per heavy atom. The third-order valence-corrected chi connectivity index (χ3v) is 11.5. The lowest BCUT2D eigenvalue weighted by molar-refractivity contribution is -0.137. The molecule has 0 bridgehead atoms. The number of aromatic hydroxyl groups is 1. The number of hydrogen-bond donors (Lipinski definition) is 2. The maximum Gasteiger partial charge on any atom is 0.416 e. The summed E-state index contributed by atoms with van der Waals surface area (Å²) in [6.45, 7) is 3.99. The Kier molecular flexibility index (Phi) is 10.4. The first-order chi connectivity index (χ1) is 28.5. The monoisotopic (exact) mass is 848 g/mol. The van der Waals surface area contributed by atoms with Crippen LogP contribution in [0, 0.1) is 0 Å². The van der Waals surface area contributed by atoms with Gasteiger partial charge in [0.15, 0.2) is 11.5 Å². The van der Waals surface area contributed by atoms with E-state index in [1.807, 2.05) is 24.3 Å². The Morgan fingerprint density at radius 2 is 1.70 bits per heavy atom. The van der Waals surface area contributed by atoms with Crippen molar-refractivity contribution in [1.29, 1.82) is 0 Å². The zero-order valence-corrected chi connectivity index (χ0v) is 33.5. The number of rotatable bonds is 6. The van der Waals surface area contributed by atoms with Crippen molar-refractivity contribution < 1.29 is 37.4 Å². The van der Waals surface area contributed by atoms with Crippen molar-refractivity contribution in [3.8, 4) is 17.1 Å². The molecule has 1 spiro atoms. The number of piperidine rings is 1. The summed E-state index contributed by atoms with van der Waals surface area (Å²) in [5.41, 5.74) is -0.713. The molecule has 3 aromatic heterocycles. The van der Waals surface area contributed by atoms with Gasteiger partial charge < -0.3 is 39.3 Å². The number of halogens is 4. The standard InChI is InChI=1S/C40H40ClF3N10O6/c1-23-33-31(39(60-23)12-15-51(16-13-39)36(58)32-29(55)5-4-14-45-32)35(57)54-37(53(33)22-30(56)46-28-11-8-25(21-27(28)41)40(42,43)44)47-34(48-54)24-6-9-26(10-7-24)50-17-19-52(20-18-50)38(59)49(2)3/h4-11,14,21,23,55H,12-13,15-20,22H2,1-3H3,(H,46,56)/t23-/m1/s1. The summed E-state index contributed by atoms with van der Waals surface area (Å²) in [6, 6.07) is 12.9. The van der Waals surface area contributed by atoms with Gasteiger partial charge in [-0.1, -0.05) is 11.6 Å². The molecule has 16 nitrogen and oxygen atoms in total. The minimum absolute atomic E-state index is 0.0268. The molecule has 0 radical (unpaired) electrons. The number of amides is 4. The molecule has 2 saturated heterocycles.